The third-order valence-corrected chi connectivity index (χ3v) is 2.04. The van der Waals surface area contributed by atoms with Gasteiger partial charge in [-0.25, -0.2) is 4.98 Å². The molecule has 52 valence electrons. The lowest BCUT2D eigenvalue weighted by atomic mass is 10.4. The predicted octanol–water partition coefficient (Wildman–Crippen LogP) is 0.975. The van der Waals surface area contributed by atoms with E-state index in [9.17, 15) is 0 Å². The maximum absolute atomic E-state index is 8.39. The van der Waals surface area contributed by atoms with E-state index in [1.165, 1.54) is 11.3 Å². The molecule has 1 atom stereocenters. The lowest BCUT2D eigenvalue weighted by molar-refractivity contribution is 0.908. The normalized spacial score (nSPS) is 12.5. The van der Waals surface area contributed by atoms with Crippen LogP contribution in [0.3, 0.4) is 0 Å². The second-order valence-electron chi connectivity index (χ2n) is 1.92. The molecule has 0 spiro atoms. The number of hydrogen-bond acceptors (Lipinski definition) is 4. The Labute approximate surface area is 63.1 Å². The van der Waals surface area contributed by atoms with Crippen molar-refractivity contribution in [2.24, 2.45) is 5.73 Å². The van der Waals surface area contributed by atoms with E-state index in [2.05, 4.69) is 4.98 Å². The van der Waals surface area contributed by atoms with Crippen LogP contribution in [0.1, 0.15) is 15.9 Å². The zero-order chi connectivity index (χ0) is 7.56. The van der Waals surface area contributed by atoms with Crippen molar-refractivity contribution in [1.82, 2.24) is 4.98 Å². The van der Waals surface area contributed by atoms with E-state index >= 15 is 0 Å². The highest BCUT2D eigenvalue weighted by atomic mass is 32.1. The summed E-state index contributed by atoms with van der Waals surface area (Å²) in [7, 11) is 0. The Kier molecular flexibility index (Phi) is 2.00. The van der Waals surface area contributed by atoms with Gasteiger partial charge in [-0.2, -0.15) is 5.26 Å². The van der Waals surface area contributed by atoms with Gasteiger partial charge >= 0.3 is 0 Å². The van der Waals surface area contributed by atoms with Crippen molar-refractivity contribution in [1.29, 1.82) is 5.26 Å². The number of aromatic nitrogens is 1. The molecule has 10 heavy (non-hydrogen) atoms. The molecule has 0 bridgehead atoms. The van der Waals surface area contributed by atoms with Gasteiger partial charge in [-0.1, -0.05) is 0 Å². The molecule has 0 radical (unpaired) electrons. The number of nitrogens with two attached hydrogens (primary N) is 1. The third-order valence-electron chi connectivity index (χ3n) is 1.04. The molecule has 0 aliphatic heterocycles. The quantitative estimate of drug-likeness (QED) is 0.654. The Balaban J connectivity index is 2.87. The fourth-order valence-corrected chi connectivity index (χ4v) is 1.29. The van der Waals surface area contributed by atoms with E-state index < -0.39 is 6.04 Å². The largest absolute Gasteiger partial charge is 0.310 e. The first-order valence-electron chi connectivity index (χ1n) is 2.81. The molecule has 0 saturated carbocycles. The second kappa shape index (κ2) is 2.78. The van der Waals surface area contributed by atoms with E-state index in [0.29, 0.717) is 5.01 Å². The number of hydrogen-bond donors (Lipinski definition) is 1. The molecule has 2 N–H and O–H groups in total. The molecule has 0 fully saturated rings. The highest BCUT2D eigenvalue weighted by Crippen LogP contribution is 2.16. The molecule has 0 aromatic carbocycles. The van der Waals surface area contributed by atoms with Crippen LogP contribution in [0.5, 0.6) is 0 Å². The summed E-state index contributed by atoms with van der Waals surface area (Å²) in [5.74, 6) is 0. The molecule has 0 aliphatic carbocycles. The van der Waals surface area contributed by atoms with E-state index in [1.54, 1.807) is 6.20 Å². The van der Waals surface area contributed by atoms with Crippen molar-refractivity contribution in [2.45, 2.75) is 13.0 Å². The summed E-state index contributed by atoms with van der Waals surface area (Å²) in [5, 5.41) is 9.08. The summed E-state index contributed by atoms with van der Waals surface area (Å²) in [6.07, 6.45) is 1.72. The molecular weight excluding hydrogens is 146 g/mol. The summed E-state index contributed by atoms with van der Waals surface area (Å²) in [5.41, 5.74) is 5.39. The van der Waals surface area contributed by atoms with Gasteiger partial charge in [-0.3, -0.25) is 0 Å². The van der Waals surface area contributed by atoms with Crippen molar-refractivity contribution < 1.29 is 0 Å². The Morgan fingerprint density at radius 2 is 2.60 bits per heavy atom. The molecule has 1 unspecified atom stereocenters. The van der Waals surface area contributed by atoms with Crippen LogP contribution in [0.15, 0.2) is 6.20 Å². The maximum atomic E-state index is 8.39. The first kappa shape index (κ1) is 7.19. The fourth-order valence-electron chi connectivity index (χ4n) is 0.571. The van der Waals surface area contributed by atoms with Gasteiger partial charge in [-0.15, -0.1) is 11.3 Å². The van der Waals surface area contributed by atoms with Crippen LogP contribution in [0.4, 0.5) is 0 Å². The van der Waals surface area contributed by atoms with Gasteiger partial charge in [0, 0.05) is 11.1 Å². The minimum absolute atomic E-state index is 0.557. The number of rotatable bonds is 1. The van der Waals surface area contributed by atoms with E-state index in [4.69, 9.17) is 11.0 Å². The van der Waals surface area contributed by atoms with Crippen LogP contribution in [-0.4, -0.2) is 4.98 Å². The minimum atomic E-state index is -0.557. The molecule has 0 saturated heterocycles. The summed E-state index contributed by atoms with van der Waals surface area (Å²) >= 11 is 1.46. The van der Waals surface area contributed by atoms with E-state index in [-0.39, 0.29) is 0 Å². The lowest BCUT2D eigenvalue weighted by Gasteiger charge is -1.92. The van der Waals surface area contributed by atoms with Gasteiger partial charge in [0.05, 0.1) is 6.07 Å². The van der Waals surface area contributed by atoms with Gasteiger partial charge < -0.3 is 5.73 Å². The second-order valence-corrected chi connectivity index (χ2v) is 3.18. The molecule has 0 aliphatic rings. The van der Waals surface area contributed by atoms with Crippen molar-refractivity contribution in [3.05, 3.63) is 16.1 Å². The van der Waals surface area contributed by atoms with Crippen molar-refractivity contribution in [3.8, 4) is 6.07 Å². The predicted molar refractivity (Wildman–Crippen MR) is 39.4 cm³/mol. The summed E-state index contributed by atoms with van der Waals surface area (Å²) < 4.78 is 0. The van der Waals surface area contributed by atoms with Gasteiger partial charge in [0.15, 0.2) is 0 Å². The van der Waals surface area contributed by atoms with Gasteiger partial charge in [0.25, 0.3) is 0 Å². The van der Waals surface area contributed by atoms with E-state index in [1.807, 2.05) is 13.0 Å². The Bertz CT molecular complexity index is 260. The highest BCUT2D eigenvalue weighted by Gasteiger charge is 2.06. The average Bonchev–Trinajstić information content (AvgIpc) is 2.34. The van der Waals surface area contributed by atoms with Crippen LogP contribution < -0.4 is 5.73 Å². The zero-order valence-electron chi connectivity index (χ0n) is 5.53. The van der Waals surface area contributed by atoms with E-state index in [0.717, 1.165) is 4.88 Å². The number of aryl methyl sites for hydroxylation is 1. The molecule has 1 rings (SSSR count). The Morgan fingerprint density at radius 1 is 1.90 bits per heavy atom. The van der Waals surface area contributed by atoms with Gasteiger partial charge in [-0.05, 0) is 6.92 Å². The van der Waals surface area contributed by atoms with Crippen molar-refractivity contribution >= 4 is 11.3 Å². The highest BCUT2D eigenvalue weighted by molar-refractivity contribution is 7.11. The number of nitriles is 1. The monoisotopic (exact) mass is 153 g/mol. The third kappa shape index (κ3) is 1.32. The SMILES string of the molecule is Cc1cnc(C(N)C#N)s1. The van der Waals surface area contributed by atoms with Crippen LogP contribution in [0.25, 0.3) is 0 Å². The first-order valence-corrected chi connectivity index (χ1v) is 3.63. The molecule has 4 heteroatoms. The topological polar surface area (TPSA) is 62.7 Å². The average molecular weight is 153 g/mol. The molecular formula is C6H7N3S. The zero-order valence-corrected chi connectivity index (χ0v) is 6.35. The molecule has 0 amide bonds. The molecule has 1 aromatic heterocycles. The maximum Gasteiger partial charge on any atom is 0.145 e. The first-order chi connectivity index (χ1) is 4.74. The molecule has 3 nitrogen and oxygen atoms in total. The molecule has 1 heterocycles. The standard InChI is InChI=1S/C6H7N3S/c1-4-3-9-6(10-4)5(8)2-7/h3,5H,8H2,1H3. The summed E-state index contributed by atoms with van der Waals surface area (Å²) in [6.45, 7) is 1.94. The number of nitrogens with zero attached hydrogens (tertiary/aromatic N) is 2. The van der Waals surface area contributed by atoms with Crippen molar-refractivity contribution in [3.63, 3.8) is 0 Å². The van der Waals surface area contributed by atoms with Crippen LogP contribution in [-0.2, 0) is 0 Å². The minimum Gasteiger partial charge on any atom is -0.310 e. The summed E-state index contributed by atoms with van der Waals surface area (Å²) in [6, 6.07) is 1.36. The molecule has 1 aromatic rings. The van der Waals surface area contributed by atoms with Crippen LogP contribution in [0.2, 0.25) is 0 Å². The van der Waals surface area contributed by atoms with Crippen LogP contribution >= 0.6 is 11.3 Å². The lowest BCUT2D eigenvalue weighted by Crippen LogP contribution is -2.05. The number of thiazole rings is 1. The Morgan fingerprint density at radius 3 is 3.00 bits per heavy atom. The smallest absolute Gasteiger partial charge is 0.145 e. The fraction of sp³-hybridized carbons (Fsp3) is 0.333. The summed E-state index contributed by atoms with van der Waals surface area (Å²) in [4.78, 5) is 5.04. The van der Waals surface area contributed by atoms with Crippen molar-refractivity contribution in [2.75, 3.05) is 0 Å². The van der Waals surface area contributed by atoms with Crippen LogP contribution in [0, 0.1) is 18.3 Å². The Hall–Kier alpha value is -0.920. The van der Waals surface area contributed by atoms with Gasteiger partial charge in [0.2, 0.25) is 0 Å². The van der Waals surface area contributed by atoms with Gasteiger partial charge in [0.1, 0.15) is 11.0 Å².